The molecule has 9 nitrogen and oxygen atoms in total. The van der Waals surface area contributed by atoms with E-state index in [9.17, 15) is 30.3 Å². The predicted molar refractivity (Wildman–Crippen MR) is 125 cm³/mol. The lowest BCUT2D eigenvalue weighted by Crippen LogP contribution is -2.61. The van der Waals surface area contributed by atoms with Gasteiger partial charge in [-0.2, -0.15) is 0 Å². The zero-order valence-corrected chi connectivity index (χ0v) is 20.4. The zero-order chi connectivity index (χ0) is 25.5. The van der Waals surface area contributed by atoms with Gasteiger partial charge in [-0.05, 0) is 43.1 Å². The number of aliphatic hydroxyl groups is 5. The quantitative estimate of drug-likeness (QED) is 0.264. The SMILES string of the molecule is C=C1CC[C@@H]2[C@](C)(CO[C@@H]3O[C@@H](CO)[C@H](O)[C@@H](O)[C@@H]3O)[C@H](O)CC[C@@]2(C)[C@@H]1/C=C/C1=CCOC1=O. The molecule has 0 spiro atoms. The molecule has 4 aliphatic rings. The van der Waals surface area contributed by atoms with Gasteiger partial charge in [0.1, 0.15) is 31.0 Å². The molecule has 0 aromatic carbocycles. The summed E-state index contributed by atoms with van der Waals surface area (Å²) in [5.74, 6) is -0.302. The number of aliphatic hydroxyl groups excluding tert-OH is 5. The van der Waals surface area contributed by atoms with Gasteiger partial charge < -0.3 is 39.7 Å². The third-order valence-corrected chi connectivity index (χ3v) is 8.84. The summed E-state index contributed by atoms with van der Waals surface area (Å²) in [6.45, 7) is 8.27. The van der Waals surface area contributed by atoms with E-state index in [1.54, 1.807) is 6.08 Å². The molecule has 2 heterocycles. The molecule has 0 unspecified atom stereocenters. The molecule has 4 rings (SSSR count). The number of hydrogen-bond acceptors (Lipinski definition) is 9. The molecule has 1 saturated heterocycles. The summed E-state index contributed by atoms with van der Waals surface area (Å²) in [5.41, 5.74) is 0.680. The Bertz CT molecular complexity index is 882. The van der Waals surface area contributed by atoms with Crippen LogP contribution in [0.4, 0.5) is 0 Å². The van der Waals surface area contributed by atoms with Crippen LogP contribution >= 0.6 is 0 Å². The van der Waals surface area contributed by atoms with Crippen LogP contribution in [0.3, 0.4) is 0 Å². The Morgan fingerprint density at radius 2 is 1.91 bits per heavy atom. The highest BCUT2D eigenvalue weighted by atomic mass is 16.7. The van der Waals surface area contributed by atoms with Gasteiger partial charge in [0.15, 0.2) is 6.29 Å². The molecule has 0 aromatic rings. The maximum Gasteiger partial charge on any atom is 0.338 e. The predicted octanol–water partition coefficient (Wildman–Crippen LogP) is 0.592. The van der Waals surface area contributed by atoms with Crippen LogP contribution in [0.25, 0.3) is 0 Å². The molecule has 9 heteroatoms. The van der Waals surface area contributed by atoms with Crippen LogP contribution in [-0.2, 0) is 19.0 Å². The van der Waals surface area contributed by atoms with E-state index in [-0.39, 0.29) is 36.4 Å². The van der Waals surface area contributed by atoms with Crippen molar-refractivity contribution in [1.29, 1.82) is 0 Å². The summed E-state index contributed by atoms with van der Waals surface area (Å²) in [4.78, 5) is 11.9. The second kappa shape index (κ2) is 10.0. The molecule has 2 saturated carbocycles. The van der Waals surface area contributed by atoms with E-state index >= 15 is 0 Å². The summed E-state index contributed by atoms with van der Waals surface area (Å²) in [5, 5.41) is 51.1. The van der Waals surface area contributed by atoms with Crippen LogP contribution in [0.2, 0.25) is 0 Å². The Balaban J connectivity index is 1.54. The Morgan fingerprint density at radius 1 is 1.17 bits per heavy atom. The normalized spacial score (nSPS) is 46.4. The van der Waals surface area contributed by atoms with E-state index < -0.39 is 48.8 Å². The van der Waals surface area contributed by atoms with Crippen molar-refractivity contribution in [3.05, 3.63) is 36.0 Å². The maximum absolute atomic E-state index is 11.9. The lowest BCUT2D eigenvalue weighted by molar-refractivity contribution is -0.312. The Kier molecular flexibility index (Phi) is 7.60. The number of rotatable bonds is 6. The van der Waals surface area contributed by atoms with Gasteiger partial charge in [-0.3, -0.25) is 0 Å². The fourth-order valence-electron chi connectivity index (χ4n) is 6.65. The van der Waals surface area contributed by atoms with E-state index in [2.05, 4.69) is 13.5 Å². The second-order valence-electron chi connectivity index (χ2n) is 10.9. The number of hydrogen-bond donors (Lipinski definition) is 5. The number of fused-ring (bicyclic) bond motifs is 1. The van der Waals surface area contributed by atoms with Crippen molar-refractivity contribution >= 4 is 5.97 Å². The average Bonchev–Trinajstić information content (AvgIpc) is 3.24. The standard InChI is InChI=1S/C26H38O9/c1-14-4-7-18-25(2,16(14)6-5-15-9-11-33-23(15)32)10-8-19(28)26(18,3)13-34-24-22(31)21(30)20(29)17(12-27)35-24/h5-6,9,16-22,24,27-31H,1,4,7-8,10-13H2,2-3H3/b6-5+/t16-,17+,18+,19-,20+,21-,22+,24-,25+,26+/m1/s1. The van der Waals surface area contributed by atoms with Crippen LogP contribution in [0.5, 0.6) is 0 Å². The van der Waals surface area contributed by atoms with Gasteiger partial charge in [0.2, 0.25) is 0 Å². The summed E-state index contributed by atoms with van der Waals surface area (Å²) < 4.78 is 16.5. The van der Waals surface area contributed by atoms with Gasteiger partial charge in [0, 0.05) is 11.3 Å². The van der Waals surface area contributed by atoms with Crippen molar-refractivity contribution in [3.8, 4) is 0 Å². The Morgan fingerprint density at radius 3 is 2.57 bits per heavy atom. The number of carbonyl (C=O) groups is 1. The number of allylic oxidation sites excluding steroid dienone is 2. The van der Waals surface area contributed by atoms with E-state index in [1.807, 2.05) is 19.1 Å². The van der Waals surface area contributed by atoms with Crippen LogP contribution in [-0.4, -0.2) is 88.1 Å². The van der Waals surface area contributed by atoms with Gasteiger partial charge >= 0.3 is 5.97 Å². The van der Waals surface area contributed by atoms with Crippen LogP contribution < -0.4 is 0 Å². The summed E-state index contributed by atoms with van der Waals surface area (Å²) in [7, 11) is 0. The number of esters is 1. The number of cyclic esters (lactones) is 1. The molecular formula is C26H38O9. The fourth-order valence-corrected chi connectivity index (χ4v) is 6.65. The van der Waals surface area contributed by atoms with Gasteiger partial charge in [-0.1, -0.05) is 38.2 Å². The molecule has 35 heavy (non-hydrogen) atoms. The monoisotopic (exact) mass is 494 g/mol. The number of carbonyl (C=O) groups excluding carboxylic acids is 1. The maximum atomic E-state index is 11.9. The first kappa shape index (κ1) is 26.5. The minimum absolute atomic E-state index is 0.00497. The van der Waals surface area contributed by atoms with Crippen molar-refractivity contribution < 1.29 is 44.5 Å². The lowest BCUT2D eigenvalue weighted by Gasteiger charge is -2.60. The Labute approximate surface area is 205 Å². The van der Waals surface area contributed by atoms with Gasteiger partial charge in [-0.15, -0.1) is 0 Å². The van der Waals surface area contributed by atoms with Crippen LogP contribution in [0.1, 0.15) is 39.5 Å². The molecular weight excluding hydrogens is 456 g/mol. The largest absolute Gasteiger partial charge is 0.458 e. The zero-order valence-electron chi connectivity index (χ0n) is 20.4. The molecule has 3 fully saturated rings. The van der Waals surface area contributed by atoms with Gasteiger partial charge in [0.25, 0.3) is 0 Å². The third kappa shape index (κ3) is 4.64. The first-order valence-corrected chi connectivity index (χ1v) is 12.4. The molecule has 0 amide bonds. The lowest BCUT2D eigenvalue weighted by atomic mass is 9.46. The summed E-state index contributed by atoms with van der Waals surface area (Å²) >= 11 is 0. The smallest absolute Gasteiger partial charge is 0.338 e. The van der Waals surface area contributed by atoms with E-state index in [1.165, 1.54) is 0 Å². The van der Waals surface area contributed by atoms with Gasteiger partial charge in [-0.25, -0.2) is 4.79 Å². The van der Waals surface area contributed by atoms with E-state index in [0.717, 1.165) is 24.8 Å². The second-order valence-corrected chi connectivity index (χ2v) is 10.9. The van der Waals surface area contributed by atoms with Crippen molar-refractivity contribution in [1.82, 2.24) is 0 Å². The molecule has 5 N–H and O–H groups in total. The first-order chi connectivity index (χ1) is 16.5. The van der Waals surface area contributed by atoms with Crippen LogP contribution in [0.15, 0.2) is 36.0 Å². The van der Waals surface area contributed by atoms with Crippen LogP contribution in [0, 0.1) is 22.7 Å². The van der Waals surface area contributed by atoms with E-state index in [0.29, 0.717) is 12.0 Å². The molecule has 196 valence electrons. The van der Waals surface area contributed by atoms with Crippen molar-refractivity contribution in [2.45, 2.75) is 76.3 Å². The van der Waals surface area contributed by atoms with Crippen molar-refractivity contribution in [3.63, 3.8) is 0 Å². The highest BCUT2D eigenvalue weighted by Gasteiger charge is 2.58. The number of ether oxygens (including phenoxy) is 3. The topological polar surface area (TPSA) is 146 Å². The molecule has 0 aromatic heterocycles. The Hall–Kier alpha value is -1.59. The summed E-state index contributed by atoms with van der Waals surface area (Å²) in [6.07, 6.45) is 1.03. The van der Waals surface area contributed by atoms with Crippen molar-refractivity contribution in [2.75, 3.05) is 19.8 Å². The third-order valence-electron chi connectivity index (χ3n) is 8.84. The molecule has 2 aliphatic carbocycles. The summed E-state index contributed by atoms with van der Waals surface area (Å²) in [6, 6.07) is 0. The molecule has 2 aliphatic heterocycles. The minimum atomic E-state index is -1.52. The van der Waals surface area contributed by atoms with Crippen molar-refractivity contribution in [2.24, 2.45) is 22.7 Å². The molecule has 0 bridgehead atoms. The van der Waals surface area contributed by atoms with E-state index in [4.69, 9.17) is 14.2 Å². The first-order valence-electron chi connectivity index (χ1n) is 12.4. The molecule has 0 radical (unpaired) electrons. The minimum Gasteiger partial charge on any atom is -0.458 e. The van der Waals surface area contributed by atoms with Gasteiger partial charge in [0.05, 0.1) is 24.9 Å². The fraction of sp³-hybridized carbons (Fsp3) is 0.731. The average molecular weight is 495 g/mol. The highest BCUT2D eigenvalue weighted by Crippen LogP contribution is 2.61. The highest BCUT2D eigenvalue weighted by molar-refractivity contribution is 5.93. The molecule has 10 atom stereocenters.